The SMILES string of the molecule is CC(C)=C1CC[C@@](C)(O)[C@H]2CC[C@@H](C)C[C@H]12. The quantitative estimate of drug-likeness (QED) is 0.616. The fourth-order valence-electron chi connectivity index (χ4n) is 3.89. The molecule has 0 aromatic rings. The van der Waals surface area contributed by atoms with Gasteiger partial charge in [-0.3, -0.25) is 0 Å². The first-order valence-corrected chi connectivity index (χ1v) is 6.80. The third-order valence-corrected chi connectivity index (χ3v) is 4.90. The smallest absolute Gasteiger partial charge is 0.0656 e. The molecule has 2 fully saturated rings. The highest BCUT2D eigenvalue weighted by Gasteiger charge is 2.45. The van der Waals surface area contributed by atoms with Gasteiger partial charge in [0.25, 0.3) is 0 Å². The summed E-state index contributed by atoms with van der Waals surface area (Å²) in [6, 6.07) is 0. The second kappa shape index (κ2) is 4.18. The van der Waals surface area contributed by atoms with Gasteiger partial charge in [-0.2, -0.15) is 0 Å². The predicted molar refractivity (Wildman–Crippen MR) is 68.2 cm³/mol. The van der Waals surface area contributed by atoms with Gasteiger partial charge in [-0.25, -0.2) is 0 Å². The molecular weight excluding hydrogens is 196 g/mol. The fraction of sp³-hybridized carbons (Fsp3) is 0.867. The lowest BCUT2D eigenvalue weighted by atomic mass is 9.59. The second-order valence-corrected chi connectivity index (χ2v) is 6.51. The summed E-state index contributed by atoms with van der Waals surface area (Å²) in [6.45, 7) is 8.90. The molecule has 2 saturated carbocycles. The van der Waals surface area contributed by atoms with Crippen LogP contribution in [0.15, 0.2) is 11.1 Å². The van der Waals surface area contributed by atoms with Gasteiger partial charge in [-0.05, 0) is 64.2 Å². The third kappa shape index (κ3) is 2.07. The molecule has 92 valence electrons. The van der Waals surface area contributed by atoms with Crippen LogP contribution in [0.3, 0.4) is 0 Å². The summed E-state index contributed by atoms with van der Waals surface area (Å²) in [5, 5.41) is 10.5. The Hall–Kier alpha value is -0.300. The number of aliphatic hydroxyl groups is 1. The highest BCUT2D eigenvalue weighted by Crippen LogP contribution is 2.50. The summed E-state index contributed by atoms with van der Waals surface area (Å²) >= 11 is 0. The summed E-state index contributed by atoms with van der Waals surface area (Å²) in [5.74, 6) is 2.02. The van der Waals surface area contributed by atoms with Crippen molar-refractivity contribution in [2.45, 2.75) is 65.4 Å². The average Bonchev–Trinajstić information content (AvgIpc) is 2.16. The van der Waals surface area contributed by atoms with Crippen LogP contribution in [0, 0.1) is 17.8 Å². The summed E-state index contributed by atoms with van der Waals surface area (Å²) < 4.78 is 0. The van der Waals surface area contributed by atoms with Crippen molar-refractivity contribution in [2.75, 3.05) is 0 Å². The largest absolute Gasteiger partial charge is 0.390 e. The summed E-state index contributed by atoms with van der Waals surface area (Å²) in [6.07, 6.45) is 5.89. The van der Waals surface area contributed by atoms with Crippen molar-refractivity contribution >= 4 is 0 Å². The number of fused-ring (bicyclic) bond motifs is 1. The molecular formula is C15H26O. The van der Waals surface area contributed by atoms with Crippen molar-refractivity contribution in [2.24, 2.45) is 17.8 Å². The van der Waals surface area contributed by atoms with E-state index in [1.54, 1.807) is 5.57 Å². The van der Waals surface area contributed by atoms with Crippen LogP contribution in [0.2, 0.25) is 0 Å². The molecule has 0 aromatic heterocycles. The van der Waals surface area contributed by atoms with Crippen molar-refractivity contribution < 1.29 is 5.11 Å². The van der Waals surface area contributed by atoms with Crippen LogP contribution in [0.25, 0.3) is 0 Å². The van der Waals surface area contributed by atoms with Gasteiger partial charge in [0.1, 0.15) is 0 Å². The molecule has 0 aromatic carbocycles. The molecule has 0 saturated heterocycles. The molecule has 0 spiro atoms. The fourth-order valence-corrected chi connectivity index (χ4v) is 3.89. The van der Waals surface area contributed by atoms with Gasteiger partial charge in [-0.1, -0.05) is 24.5 Å². The lowest BCUT2D eigenvalue weighted by molar-refractivity contribution is -0.0629. The van der Waals surface area contributed by atoms with Crippen LogP contribution in [-0.2, 0) is 0 Å². The van der Waals surface area contributed by atoms with E-state index in [4.69, 9.17) is 0 Å². The minimum Gasteiger partial charge on any atom is -0.390 e. The second-order valence-electron chi connectivity index (χ2n) is 6.51. The average molecular weight is 222 g/mol. The molecule has 0 unspecified atom stereocenters. The lowest BCUT2D eigenvalue weighted by Crippen LogP contribution is -2.46. The van der Waals surface area contributed by atoms with Crippen LogP contribution in [0.4, 0.5) is 0 Å². The summed E-state index contributed by atoms with van der Waals surface area (Å²) in [7, 11) is 0. The van der Waals surface area contributed by atoms with Crippen LogP contribution in [-0.4, -0.2) is 10.7 Å². The van der Waals surface area contributed by atoms with Crippen molar-refractivity contribution in [3.63, 3.8) is 0 Å². The monoisotopic (exact) mass is 222 g/mol. The molecule has 1 N–H and O–H groups in total. The van der Waals surface area contributed by atoms with Crippen molar-refractivity contribution in [1.29, 1.82) is 0 Å². The highest BCUT2D eigenvalue weighted by atomic mass is 16.3. The molecule has 1 nitrogen and oxygen atoms in total. The topological polar surface area (TPSA) is 20.2 Å². The van der Waals surface area contributed by atoms with Gasteiger partial charge in [0.2, 0.25) is 0 Å². The number of rotatable bonds is 0. The van der Waals surface area contributed by atoms with E-state index in [1.807, 2.05) is 0 Å². The Morgan fingerprint density at radius 1 is 1.31 bits per heavy atom. The number of allylic oxidation sites excluding steroid dienone is 2. The van der Waals surface area contributed by atoms with E-state index in [0.29, 0.717) is 11.8 Å². The molecule has 4 atom stereocenters. The van der Waals surface area contributed by atoms with Crippen LogP contribution in [0.1, 0.15) is 59.8 Å². The maximum absolute atomic E-state index is 10.5. The summed E-state index contributed by atoms with van der Waals surface area (Å²) in [5.41, 5.74) is 2.74. The standard InChI is InChI=1S/C15H26O/c1-10(2)12-7-8-15(4,16)14-6-5-11(3)9-13(12)14/h11,13-14,16H,5-9H2,1-4H3/t11-,13-,14+,15-/m1/s1. The predicted octanol–water partition coefficient (Wildman–Crippen LogP) is 3.92. The van der Waals surface area contributed by atoms with E-state index < -0.39 is 5.60 Å². The van der Waals surface area contributed by atoms with Crippen molar-refractivity contribution in [1.82, 2.24) is 0 Å². The third-order valence-electron chi connectivity index (χ3n) is 4.90. The Bertz CT molecular complexity index is 297. The van der Waals surface area contributed by atoms with Gasteiger partial charge in [-0.15, -0.1) is 0 Å². The molecule has 2 rings (SSSR count). The first kappa shape index (κ1) is 12.2. The maximum Gasteiger partial charge on any atom is 0.0656 e. The molecule has 0 heterocycles. The molecule has 0 radical (unpaired) electrons. The van der Waals surface area contributed by atoms with Gasteiger partial charge in [0.05, 0.1) is 5.60 Å². The molecule has 1 heteroatoms. The zero-order chi connectivity index (χ0) is 11.9. The van der Waals surface area contributed by atoms with Gasteiger partial charge in [0, 0.05) is 0 Å². The number of hydrogen-bond donors (Lipinski definition) is 1. The van der Waals surface area contributed by atoms with Crippen molar-refractivity contribution in [3.8, 4) is 0 Å². The Kier molecular flexibility index (Phi) is 3.18. The Balaban J connectivity index is 2.29. The zero-order valence-electron chi connectivity index (χ0n) is 11.2. The Morgan fingerprint density at radius 2 is 2.00 bits per heavy atom. The van der Waals surface area contributed by atoms with Gasteiger partial charge >= 0.3 is 0 Å². The van der Waals surface area contributed by atoms with E-state index in [2.05, 4.69) is 27.7 Å². The van der Waals surface area contributed by atoms with Crippen LogP contribution < -0.4 is 0 Å². The first-order valence-electron chi connectivity index (χ1n) is 6.80. The molecule has 16 heavy (non-hydrogen) atoms. The minimum atomic E-state index is -0.413. The molecule has 0 bridgehead atoms. The zero-order valence-corrected chi connectivity index (χ0v) is 11.2. The normalized spacial score (nSPS) is 44.1. The Morgan fingerprint density at radius 3 is 2.62 bits per heavy atom. The van der Waals surface area contributed by atoms with Crippen LogP contribution >= 0.6 is 0 Å². The van der Waals surface area contributed by atoms with E-state index in [0.717, 1.165) is 18.8 Å². The molecule has 0 aliphatic heterocycles. The van der Waals surface area contributed by atoms with E-state index in [9.17, 15) is 5.11 Å². The van der Waals surface area contributed by atoms with Gasteiger partial charge < -0.3 is 5.11 Å². The van der Waals surface area contributed by atoms with Gasteiger partial charge in [0.15, 0.2) is 0 Å². The van der Waals surface area contributed by atoms with E-state index in [1.165, 1.54) is 24.8 Å². The first-order chi connectivity index (χ1) is 7.42. The Labute approximate surface area is 99.9 Å². The molecule has 0 amide bonds. The summed E-state index contributed by atoms with van der Waals surface area (Å²) in [4.78, 5) is 0. The lowest BCUT2D eigenvalue weighted by Gasteiger charge is -2.48. The highest BCUT2D eigenvalue weighted by molar-refractivity contribution is 5.21. The van der Waals surface area contributed by atoms with E-state index >= 15 is 0 Å². The maximum atomic E-state index is 10.5. The van der Waals surface area contributed by atoms with Crippen LogP contribution in [0.5, 0.6) is 0 Å². The van der Waals surface area contributed by atoms with Crippen molar-refractivity contribution in [3.05, 3.63) is 11.1 Å². The number of hydrogen-bond acceptors (Lipinski definition) is 1. The van der Waals surface area contributed by atoms with E-state index in [-0.39, 0.29) is 0 Å². The minimum absolute atomic E-state index is 0.413. The molecule has 2 aliphatic rings. The molecule has 2 aliphatic carbocycles.